The number of anilines is 3. The summed E-state index contributed by atoms with van der Waals surface area (Å²) in [5.74, 6) is 0.730. The highest BCUT2D eigenvalue weighted by Crippen LogP contribution is 2.29. The van der Waals surface area contributed by atoms with E-state index >= 15 is 0 Å². The van der Waals surface area contributed by atoms with Gasteiger partial charge in [0.25, 0.3) is 0 Å². The van der Waals surface area contributed by atoms with Crippen LogP contribution in [0, 0.1) is 11.3 Å². The van der Waals surface area contributed by atoms with Gasteiger partial charge in [-0.2, -0.15) is 17.0 Å². The van der Waals surface area contributed by atoms with Crippen molar-refractivity contribution >= 4 is 47.3 Å². The van der Waals surface area contributed by atoms with E-state index in [1.165, 1.54) is 11.1 Å². The molecule has 40 heavy (non-hydrogen) atoms. The highest BCUT2D eigenvalue weighted by atomic mass is 32.2. The Hall–Kier alpha value is -3.73. The molecule has 0 saturated carbocycles. The number of rotatable bonds is 7. The summed E-state index contributed by atoms with van der Waals surface area (Å²) >= 11 is 1.70. The summed E-state index contributed by atoms with van der Waals surface area (Å²) < 4.78 is 5.58. The van der Waals surface area contributed by atoms with Gasteiger partial charge in [0.05, 0.1) is 42.3 Å². The number of carbonyl (C=O) groups is 3. The Bertz CT molecular complexity index is 1350. The predicted octanol–water partition coefficient (Wildman–Crippen LogP) is 1.96. The number of pyridine rings is 2. The number of amides is 3. The lowest BCUT2D eigenvalue weighted by atomic mass is 10.0. The number of urea groups is 1. The van der Waals surface area contributed by atoms with Gasteiger partial charge in [0.2, 0.25) is 5.91 Å². The van der Waals surface area contributed by atoms with Gasteiger partial charge in [-0.15, -0.1) is 0 Å². The van der Waals surface area contributed by atoms with E-state index in [0.717, 1.165) is 18.5 Å². The second kappa shape index (κ2) is 12.2. The van der Waals surface area contributed by atoms with Crippen molar-refractivity contribution in [2.24, 2.45) is 0 Å². The summed E-state index contributed by atoms with van der Waals surface area (Å²) in [6.45, 7) is 3.59. The molecule has 2 aromatic rings. The summed E-state index contributed by atoms with van der Waals surface area (Å²) in [6, 6.07) is 5.29. The molecule has 0 bridgehead atoms. The number of nitriles is 1. The number of aryl methyl sites for hydroxylation is 1. The minimum Gasteiger partial charge on any atom is -0.378 e. The standard InChI is InChI=1S/C27H32N8O4S/c1-33-6-7-34(25(37)13-33)12-18-8-17-4-3-5-35(26(17)31-21(18)14-36)27(38)32-24-9-20(19(10-28)11-29-24)30-22-15-39-16-23(22)40-2/h8-9,11,14,22-23H,3-7,12-13,15-16H2,1-2H3,(H2,29,30,32,38). The van der Waals surface area contributed by atoms with Crippen LogP contribution in [-0.4, -0.2) is 102 Å². The quantitative estimate of drug-likeness (QED) is 0.479. The first-order valence-electron chi connectivity index (χ1n) is 13.2. The molecule has 2 atom stereocenters. The Balaban J connectivity index is 1.34. The summed E-state index contributed by atoms with van der Waals surface area (Å²) in [5.41, 5.74) is 2.69. The fraction of sp³-hybridized carbons (Fsp3) is 0.481. The van der Waals surface area contributed by atoms with E-state index < -0.39 is 6.03 Å². The van der Waals surface area contributed by atoms with Gasteiger partial charge in [-0.05, 0) is 37.8 Å². The molecule has 13 heteroatoms. The number of aldehydes is 1. The van der Waals surface area contributed by atoms with Gasteiger partial charge in [0.1, 0.15) is 23.4 Å². The number of fused-ring (bicyclic) bond motifs is 1. The SMILES string of the molecule is CSC1COCC1Nc1cc(NC(=O)N2CCCc3cc(CN4CCN(C)CC4=O)c(C=O)nc32)ncc1C#N. The maximum Gasteiger partial charge on any atom is 0.328 e. The molecule has 0 aromatic carbocycles. The largest absolute Gasteiger partial charge is 0.378 e. The van der Waals surface area contributed by atoms with Crippen molar-refractivity contribution in [1.29, 1.82) is 5.26 Å². The number of hydrogen-bond donors (Lipinski definition) is 2. The summed E-state index contributed by atoms with van der Waals surface area (Å²) in [7, 11) is 1.91. The van der Waals surface area contributed by atoms with E-state index in [4.69, 9.17) is 4.74 Å². The lowest BCUT2D eigenvalue weighted by Gasteiger charge is -2.33. The van der Waals surface area contributed by atoms with Crippen molar-refractivity contribution in [3.8, 4) is 6.07 Å². The molecule has 3 amide bonds. The van der Waals surface area contributed by atoms with E-state index in [1.807, 2.05) is 24.3 Å². The smallest absolute Gasteiger partial charge is 0.328 e. The van der Waals surface area contributed by atoms with E-state index in [2.05, 4.69) is 26.7 Å². The van der Waals surface area contributed by atoms with Gasteiger partial charge >= 0.3 is 6.03 Å². The van der Waals surface area contributed by atoms with Crippen LogP contribution in [0.2, 0.25) is 0 Å². The molecule has 210 valence electrons. The molecule has 5 heterocycles. The fourth-order valence-electron chi connectivity index (χ4n) is 5.19. The Morgan fingerprint density at radius 3 is 2.90 bits per heavy atom. The molecule has 3 aliphatic rings. The third-order valence-electron chi connectivity index (χ3n) is 7.43. The zero-order chi connectivity index (χ0) is 28.2. The number of piperazine rings is 1. The molecule has 5 rings (SSSR count). The lowest BCUT2D eigenvalue weighted by Crippen LogP contribution is -2.48. The number of aromatic nitrogens is 2. The average molecular weight is 565 g/mol. The molecule has 0 radical (unpaired) electrons. The molecular weight excluding hydrogens is 532 g/mol. The Morgan fingerprint density at radius 1 is 1.30 bits per heavy atom. The number of likely N-dealkylation sites (N-methyl/N-ethyl adjacent to an activating group) is 1. The van der Waals surface area contributed by atoms with E-state index in [9.17, 15) is 19.6 Å². The molecule has 0 aliphatic carbocycles. The van der Waals surface area contributed by atoms with Gasteiger partial charge in [0, 0.05) is 44.0 Å². The first-order valence-corrected chi connectivity index (χ1v) is 14.5. The summed E-state index contributed by atoms with van der Waals surface area (Å²) in [5, 5.41) is 16.0. The van der Waals surface area contributed by atoms with Gasteiger partial charge in [-0.25, -0.2) is 14.8 Å². The second-order valence-corrected chi connectivity index (χ2v) is 11.2. The van der Waals surface area contributed by atoms with Crippen LogP contribution in [0.15, 0.2) is 18.3 Å². The van der Waals surface area contributed by atoms with Gasteiger partial charge < -0.3 is 15.0 Å². The first-order chi connectivity index (χ1) is 19.4. The minimum absolute atomic E-state index is 0.0116. The lowest BCUT2D eigenvalue weighted by molar-refractivity contribution is -0.136. The van der Waals surface area contributed by atoms with Crippen LogP contribution < -0.4 is 15.5 Å². The Morgan fingerprint density at radius 2 is 2.15 bits per heavy atom. The maximum atomic E-state index is 13.4. The predicted molar refractivity (Wildman–Crippen MR) is 152 cm³/mol. The third kappa shape index (κ3) is 5.89. The molecule has 12 nitrogen and oxygen atoms in total. The molecule has 2 aromatic heterocycles. The van der Waals surface area contributed by atoms with Crippen molar-refractivity contribution in [2.75, 3.05) is 68.2 Å². The van der Waals surface area contributed by atoms with E-state index in [-0.39, 0.29) is 22.9 Å². The summed E-state index contributed by atoms with van der Waals surface area (Å²) in [4.78, 5) is 51.9. The fourth-order valence-corrected chi connectivity index (χ4v) is 5.90. The number of nitrogens with zero attached hydrogens (tertiary/aromatic N) is 6. The zero-order valence-corrected chi connectivity index (χ0v) is 23.4. The zero-order valence-electron chi connectivity index (χ0n) is 22.6. The first kappa shape index (κ1) is 27.8. The van der Waals surface area contributed by atoms with Crippen LogP contribution >= 0.6 is 11.8 Å². The van der Waals surface area contributed by atoms with Crippen LogP contribution in [0.5, 0.6) is 0 Å². The van der Waals surface area contributed by atoms with Crippen molar-refractivity contribution in [3.05, 3.63) is 40.7 Å². The van der Waals surface area contributed by atoms with Crippen molar-refractivity contribution in [3.63, 3.8) is 0 Å². The number of carbonyl (C=O) groups excluding carboxylic acids is 3. The third-order valence-corrected chi connectivity index (χ3v) is 8.50. The van der Waals surface area contributed by atoms with E-state index in [1.54, 1.807) is 22.7 Å². The summed E-state index contributed by atoms with van der Waals surface area (Å²) in [6.07, 6.45) is 5.56. The van der Waals surface area contributed by atoms with Gasteiger partial charge in [-0.3, -0.25) is 24.7 Å². The van der Waals surface area contributed by atoms with Crippen molar-refractivity contribution in [1.82, 2.24) is 19.8 Å². The molecule has 2 unspecified atom stereocenters. The Kier molecular flexibility index (Phi) is 8.49. The molecule has 0 spiro atoms. The number of hydrogen-bond acceptors (Lipinski definition) is 10. The minimum atomic E-state index is -0.429. The normalized spacial score (nSPS) is 21.1. The second-order valence-electron chi connectivity index (χ2n) is 10.2. The topological polar surface area (TPSA) is 144 Å². The highest BCUT2D eigenvalue weighted by Gasteiger charge is 2.30. The Labute approximate surface area is 237 Å². The number of thioether (sulfide) groups is 1. The maximum absolute atomic E-state index is 13.4. The van der Waals surface area contributed by atoms with Crippen molar-refractivity contribution < 1.29 is 19.1 Å². The number of nitrogens with one attached hydrogen (secondary N) is 2. The van der Waals surface area contributed by atoms with Crippen LogP contribution in [0.3, 0.4) is 0 Å². The highest BCUT2D eigenvalue weighted by molar-refractivity contribution is 7.99. The molecule has 2 N–H and O–H groups in total. The van der Waals surface area contributed by atoms with E-state index in [0.29, 0.717) is 80.5 Å². The van der Waals surface area contributed by atoms with Crippen LogP contribution in [0.1, 0.15) is 33.6 Å². The molecule has 2 saturated heterocycles. The average Bonchev–Trinajstić information content (AvgIpc) is 3.41. The molecule has 3 aliphatic heterocycles. The monoisotopic (exact) mass is 564 g/mol. The molecule has 2 fully saturated rings. The van der Waals surface area contributed by atoms with Gasteiger partial charge in [-0.1, -0.05) is 0 Å². The van der Waals surface area contributed by atoms with Crippen LogP contribution in [0.25, 0.3) is 0 Å². The van der Waals surface area contributed by atoms with Gasteiger partial charge in [0.15, 0.2) is 6.29 Å². The van der Waals surface area contributed by atoms with Crippen LogP contribution in [-0.2, 0) is 22.5 Å². The van der Waals surface area contributed by atoms with Crippen LogP contribution in [0.4, 0.5) is 22.1 Å². The van der Waals surface area contributed by atoms with Crippen molar-refractivity contribution in [2.45, 2.75) is 30.7 Å². The number of ether oxygens (including phenoxy) is 1. The molecular formula is C27H32N8O4S.